The normalized spacial score (nSPS) is 11.6. The molecule has 0 aliphatic heterocycles. The number of para-hydroxylation sites is 1. The van der Waals surface area contributed by atoms with Crippen molar-refractivity contribution >= 4 is 39.6 Å². The number of benzene rings is 1. The van der Waals surface area contributed by atoms with Crippen molar-refractivity contribution in [3.05, 3.63) is 47.3 Å². The standard InChI is InChI=1S/C22H25N5OS/c1-5-11-27-14(3)12-17(15(27)4)19(28)13-29-22-23-21-20(24-25-22)16-9-7-8-10-18(16)26(21)6-2/h7-10,12H,5-6,11,13H2,1-4H3. The van der Waals surface area contributed by atoms with Crippen LogP contribution in [0.1, 0.15) is 42.0 Å². The van der Waals surface area contributed by atoms with Gasteiger partial charge >= 0.3 is 0 Å². The van der Waals surface area contributed by atoms with Gasteiger partial charge in [0.15, 0.2) is 11.4 Å². The van der Waals surface area contributed by atoms with Crippen molar-refractivity contribution in [1.82, 2.24) is 24.3 Å². The third-order valence-corrected chi connectivity index (χ3v) is 6.16. The van der Waals surface area contributed by atoms with E-state index in [1.807, 2.05) is 31.2 Å². The highest BCUT2D eigenvalue weighted by Crippen LogP contribution is 2.27. The Morgan fingerprint density at radius 2 is 1.90 bits per heavy atom. The second kappa shape index (κ2) is 7.99. The number of fused-ring (bicyclic) bond motifs is 3. The first-order valence-corrected chi connectivity index (χ1v) is 11.0. The van der Waals surface area contributed by atoms with Gasteiger partial charge in [0.05, 0.1) is 11.3 Å². The highest BCUT2D eigenvalue weighted by molar-refractivity contribution is 7.99. The van der Waals surface area contributed by atoms with Gasteiger partial charge in [0.2, 0.25) is 5.16 Å². The van der Waals surface area contributed by atoms with Gasteiger partial charge in [-0.25, -0.2) is 4.98 Å². The highest BCUT2D eigenvalue weighted by atomic mass is 32.2. The lowest BCUT2D eigenvalue weighted by Crippen LogP contribution is -2.07. The van der Waals surface area contributed by atoms with Crippen LogP contribution in [0.3, 0.4) is 0 Å². The van der Waals surface area contributed by atoms with Crippen LogP contribution in [0, 0.1) is 13.8 Å². The molecule has 0 radical (unpaired) electrons. The van der Waals surface area contributed by atoms with Crippen molar-refractivity contribution in [3.8, 4) is 0 Å². The Bertz CT molecular complexity index is 1210. The second-order valence-electron chi connectivity index (χ2n) is 7.18. The van der Waals surface area contributed by atoms with Crippen LogP contribution in [0.2, 0.25) is 0 Å². The summed E-state index contributed by atoms with van der Waals surface area (Å²) in [5.74, 6) is 0.404. The summed E-state index contributed by atoms with van der Waals surface area (Å²) in [7, 11) is 0. The molecule has 6 nitrogen and oxygen atoms in total. The molecule has 3 aromatic heterocycles. The van der Waals surface area contributed by atoms with Gasteiger partial charge in [-0.3, -0.25) is 4.79 Å². The number of hydrogen-bond acceptors (Lipinski definition) is 5. The predicted molar refractivity (Wildman–Crippen MR) is 118 cm³/mol. The topological polar surface area (TPSA) is 65.6 Å². The summed E-state index contributed by atoms with van der Waals surface area (Å²) < 4.78 is 4.35. The first kappa shape index (κ1) is 19.6. The fourth-order valence-corrected chi connectivity index (χ4v) is 4.59. The van der Waals surface area contributed by atoms with Crippen LogP contribution in [0.15, 0.2) is 35.5 Å². The van der Waals surface area contributed by atoms with Crippen LogP contribution in [0.5, 0.6) is 0 Å². The van der Waals surface area contributed by atoms with Gasteiger partial charge in [0.1, 0.15) is 5.52 Å². The molecule has 0 atom stereocenters. The average molecular weight is 408 g/mol. The molecule has 1 aromatic carbocycles. The van der Waals surface area contributed by atoms with Gasteiger partial charge in [-0.2, -0.15) is 0 Å². The number of thioether (sulfide) groups is 1. The fourth-order valence-electron chi connectivity index (χ4n) is 3.93. The Balaban J connectivity index is 1.60. The summed E-state index contributed by atoms with van der Waals surface area (Å²) in [5, 5.41) is 10.3. The van der Waals surface area contributed by atoms with Crippen LogP contribution < -0.4 is 0 Å². The zero-order valence-corrected chi connectivity index (χ0v) is 18.1. The monoisotopic (exact) mass is 407 g/mol. The number of aromatic nitrogens is 5. The summed E-state index contributed by atoms with van der Waals surface area (Å²) >= 11 is 1.35. The van der Waals surface area contributed by atoms with Gasteiger partial charge in [0, 0.05) is 35.4 Å². The van der Waals surface area contributed by atoms with Crippen molar-refractivity contribution < 1.29 is 4.79 Å². The molecule has 0 amide bonds. The molecule has 0 aliphatic rings. The molecule has 0 aliphatic carbocycles. The molecule has 0 saturated carbocycles. The minimum absolute atomic E-state index is 0.102. The van der Waals surface area contributed by atoms with E-state index in [4.69, 9.17) is 4.98 Å². The molecule has 150 valence electrons. The van der Waals surface area contributed by atoms with Crippen LogP contribution in [0.25, 0.3) is 22.1 Å². The molecule has 4 rings (SSSR count). The summed E-state index contributed by atoms with van der Waals surface area (Å²) in [5.41, 5.74) is 5.69. The molecule has 0 saturated heterocycles. The third-order valence-electron chi connectivity index (χ3n) is 5.32. The maximum atomic E-state index is 12.8. The van der Waals surface area contributed by atoms with E-state index in [0.29, 0.717) is 10.9 Å². The van der Waals surface area contributed by atoms with Gasteiger partial charge < -0.3 is 9.13 Å². The first-order valence-electron chi connectivity index (χ1n) is 9.99. The lowest BCUT2D eigenvalue weighted by molar-refractivity contribution is 0.102. The Kier molecular flexibility index (Phi) is 5.41. The summed E-state index contributed by atoms with van der Waals surface area (Å²) in [6.07, 6.45) is 1.05. The number of hydrogen-bond donors (Lipinski definition) is 0. The first-order chi connectivity index (χ1) is 14.0. The quantitative estimate of drug-likeness (QED) is 0.325. The molecule has 3 heterocycles. The molecule has 4 aromatic rings. The van der Waals surface area contributed by atoms with Crippen LogP contribution in [-0.4, -0.2) is 35.9 Å². The molecular formula is C22H25N5OS. The molecule has 0 unspecified atom stereocenters. The van der Waals surface area contributed by atoms with E-state index in [9.17, 15) is 4.79 Å². The van der Waals surface area contributed by atoms with Gasteiger partial charge in [0.25, 0.3) is 0 Å². The molecule has 29 heavy (non-hydrogen) atoms. The lowest BCUT2D eigenvalue weighted by atomic mass is 10.2. The maximum absolute atomic E-state index is 12.8. The van der Waals surface area contributed by atoms with Crippen molar-refractivity contribution in [3.63, 3.8) is 0 Å². The SMILES string of the molecule is CCCn1c(C)cc(C(=O)CSc2nnc3c4ccccc4n(CC)c3n2)c1C. The molecule has 0 N–H and O–H groups in total. The smallest absolute Gasteiger partial charge is 0.211 e. The predicted octanol–water partition coefficient (Wildman–Crippen LogP) is 4.80. The summed E-state index contributed by atoms with van der Waals surface area (Å²) in [6, 6.07) is 10.1. The molecule has 0 fully saturated rings. The van der Waals surface area contributed by atoms with Crippen LogP contribution >= 0.6 is 11.8 Å². The Morgan fingerprint density at radius 3 is 2.66 bits per heavy atom. The van der Waals surface area contributed by atoms with Crippen molar-refractivity contribution in [2.24, 2.45) is 0 Å². The Hall–Kier alpha value is -2.67. The van der Waals surface area contributed by atoms with E-state index >= 15 is 0 Å². The lowest BCUT2D eigenvalue weighted by Gasteiger charge is -2.07. The van der Waals surface area contributed by atoms with E-state index < -0.39 is 0 Å². The Labute approximate surface area is 174 Å². The fraction of sp³-hybridized carbons (Fsp3) is 0.364. The number of aryl methyl sites for hydroxylation is 2. The van der Waals surface area contributed by atoms with E-state index in [1.165, 1.54) is 11.8 Å². The minimum Gasteiger partial charge on any atom is -0.348 e. The number of nitrogens with zero attached hydrogens (tertiary/aromatic N) is 5. The summed E-state index contributed by atoms with van der Waals surface area (Å²) in [4.78, 5) is 17.5. The largest absolute Gasteiger partial charge is 0.348 e. The highest BCUT2D eigenvalue weighted by Gasteiger charge is 2.18. The maximum Gasteiger partial charge on any atom is 0.211 e. The van der Waals surface area contributed by atoms with Crippen LogP contribution in [-0.2, 0) is 13.1 Å². The third kappa shape index (κ3) is 3.44. The van der Waals surface area contributed by atoms with Gasteiger partial charge in [-0.15, -0.1) is 10.2 Å². The van der Waals surface area contributed by atoms with Crippen molar-refractivity contribution in [2.75, 3.05) is 5.75 Å². The average Bonchev–Trinajstić information content (AvgIpc) is 3.20. The molecule has 0 spiro atoms. The molecule has 0 bridgehead atoms. The minimum atomic E-state index is 0.102. The van der Waals surface area contributed by atoms with Crippen LogP contribution in [0.4, 0.5) is 0 Å². The number of carbonyl (C=O) groups excluding carboxylic acids is 1. The number of ketones is 1. The van der Waals surface area contributed by atoms with E-state index in [2.05, 4.69) is 46.2 Å². The van der Waals surface area contributed by atoms with E-state index in [-0.39, 0.29) is 5.78 Å². The zero-order valence-electron chi connectivity index (χ0n) is 17.3. The van der Waals surface area contributed by atoms with Gasteiger partial charge in [-0.05, 0) is 39.3 Å². The van der Waals surface area contributed by atoms with Gasteiger partial charge in [-0.1, -0.05) is 36.9 Å². The molecular weight excluding hydrogens is 382 g/mol. The van der Waals surface area contributed by atoms with Crippen molar-refractivity contribution in [1.29, 1.82) is 0 Å². The van der Waals surface area contributed by atoms with Crippen molar-refractivity contribution in [2.45, 2.75) is 52.4 Å². The second-order valence-corrected chi connectivity index (χ2v) is 8.12. The van der Waals surface area contributed by atoms with E-state index in [0.717, 1.165) is 58.5 Å². The van der Waals surface area contributed by atoms with E-state index in [1.54, 1.807) is 0 Å². The Morgan fingerprint density at radius 1 is 1.10 bits per heavy atom. The molecule has 7 heteroatoms. The number of Topliss-reactive ketones (excluding diaryl/α,β-unsaturated/α-hetero) is 1. The number of carbonyl (C=O) groups is 1. The number of rotatable bonds is 7. The summed E-state index contributed by atoms with van der Waals surface area (Å²) in [6.45, 7) is 10.0. The zero-order chi connectivity index (χ0) is 20.5.